The second-order valence-corrected chi connectivity index (χ2v) is 7.85. The number of carbonyl (C=O) groups excluding carboxylic acids is 2. The second-order valence-electron chi connectivity index (χ2n) is 7.85. The van der Waals surface area contributed by atoms with E-state index in [0.29, 0.717) is 24.2 Å². The predicted octanol–water partition coefficient (Wildman–Crippen LogP) is 2.91. The molecule has 1 aromatic heterocycles. The molecule has 1 saturated carbocycles. The van der Waals surface area contributed by atoms with Crippen LogP contribution in [0.15, 0.2) is 36.4 Å². The molecule has 1 aromatic carbocycles. The van der Waals surface area contributed by atoms with Crippen LogP contribution in [0.2, 0.25) is 0 Å². The lowest BCUT2D eigenvalue weighted by atomic mass is 9.84. The molecule has 0 bridgehead atoms. The summed E-state index contributed by atoms with van der Waals surface area (Å²) in [6.07, 6.45) is 5.33. The van der Waals surface area contributed by atoms with Crippen molar-refractivity contribution in [3.05, 3.63) is 53.3 Å². The van der Waals surface area contributed by atoms with Crippen molar-refractivity contribution >= 4 is 24.2 Å². The Morgan fingerprint density at radius 2 is 1.83 bits per heavy atom. The van der Waals surface area contributed by atoms with Crippen LogP contribution in [0.1, 0.15) is 71.6 Å². The highest BCUT2D eigenvalue weighted by Crippen LogP contribution is 2.25. The summed E-state index contributed by atoms with van der Waals surface area (Å²) in [5.41, 5.74) is 7.62. The fourth-order valence-electron chi connectivity index (χ4n) is 3.93. The van der Waals surface area contributed by atoms with Gasteiger partial charge in [0.25, 0.3) is 11.8 Å². The molecule has 1 aliphatic carbocycles. The molecule has 2 amide bonds. The maximum Gasteiger partial charge on any atom is 0.271 e. The minimum absolute atomic E-state index is 0. The van der Waals surface area contributed by atoms with Crippen molar-refractivity contribution in [3.63, 3.8) is 0 Å². The van der Waals surface area contributed by atoms with Gasteiger partial charge in [0, 0.05) is 25.7 Å². The average Bonchev–Trinajstić information content (AvgIpc) is 3.20. The molecular formula is C22H32ClN5O2. The van der Waals surface area contributed by atoms with Crippen LogP contribution in [0, 0.1) is 5.92 Å². The third kappa shape index (κ3) is 5.83. The molecule has 4 N–H and O–H groups in total. The Labute approximate surface area is 184 Å². The van der Waals surface area contributed by atoms with E-state index in [4.69, 9.17) is 5.73 Å². The van der Waals surface area contributed by atoms with E-state index in [2.05, 4.69) is 15.7 Å². The summed E-state index contributed by atoms with van der Waals surface area (Å²) in [7, 11) is 1.55. The van der Waals surface area contributed by atoms with Crippen LogP contribution >= 0.6 is 12.4 Å². The number of benzene rings is 1. The lowest BCUT2D eigenvalue weighted by Gasteiger charge is -2.26. The number of halogens is 1. The first-order chi connectivity index (χ1) is 14.0. The molecule has 2 aromatic rings. The van der Waals surface area contributed by atoms with E-state index in [1.807, 2.05) is 37.3 Å². The highest BCUT2D eigenvalue weighted by Gasteiger charge is 2.23. The van der Waals surface area contributed by atoms with Crippen LogP contribution in [-0.2, 0) is 0 Å². The topological polar surface area (TPSA) is 102 Å². The first-order valence-corrected chi connectivity index (χ1v) is 10.4. The summed E-state index contributed by atoms with van der Waals surface area (Å²) >= 11 is 0. The van der Waals surface area contributed by atoms with Gasteiger partial charge in [-0.25, -0.2) is 0 Å². The van der Waals surface area contributed by atoms with E-state index in [1.165, 1.54) is 0 Å². The van der Waals surface area contributed by atoms with Crippen LogP contribution in [0.25, 0.3) is 0 Å². The average molecular weight is 434 g/mol. The summed E-state index contributed by atoms with van der Waals surface area (Å²) in [6.45, 7) is 2.58. The zero-order chi connectivity index (χ0) is 20.8. The highest BCUT2D eigenvalue weighted by molar-refractivity contribution is 5.97. The largest absolute Gasteiger partial charge is 0.354 e. The molecule has 0 saturated heterocycles. The Morgan fingerprint density at radius 3 is 2.47 bits per heavy atom. The Hall–Kier alpha value is -2.38. The van der Waals surface area contributed by atoms with Crippen LogP contribution in [0.4, 0.5) is 0 Å². The molecular weight excluding hydrogens is 402 g/mol. The summed E-state index contributed by atoms with van der Waals surface area (Å²) in [5, 5.41) is 10.00. The molecule has 1 atom stereocenters. The van der Waals surface area contributed by atoms with E-state index in [1.54, 1.807) is 17.8 Å². The van der Waals surface area contributed by atoms with Crippen molar-refractivity contribution in [2.45, 2.75) is 51.1 Å². The van der Waals surface area contributed by atoms with Gasteiger partial charge in [-0.1, -0.05) is 30.3 Å². The minimum Gasteiger partial charge on any atom is -0.354 e. The molecule has 1 heterocycles. The van der Waals surface area contributed by atoms with Crippen LogP contribution in [0.5, 0.6) is 0 Å². The van der Waals surface area contributed by atoms with Gasteiger partial charge in [0.1, 0.15) is 5.69 Å². The van der Waals surface area contributed by atoms with Crippen molar-refractivity contribution in [1.82, 2.24) is 20.4 Å². The lowest BCUT2D eigenvalue weighted by Crippen LogP contribution is -2.31. The van der Waals surface area contributed by atoms with Crippen molar-refractivity contribution < 1.29 is 9.59 Å². The van der Waals surface area contributed by atoms with Crippen molar-refractivity contribution in [3.8, 4) is 0 Å². The van der Waals surface area contributed by atoms with E-state index < -0.39 is 0 Å². The van der Waals surface area contributed by atoms with Gasteiger partial charge in [0.2, 0.25) is 0 Å². The third-order valence-electron chi connectivity index (χ3n) is 5.81. The van der Waals surface area contributed by atoms with Gasteiger partial charge in [-0.15, -0.1) is 12.4 Å². The summed E-state index contributed by atoms with van der Waals surface area (Å²) in [5.74, 6) is 0.101. The Bertz CT molecular complexity index is 831. The molecule has 0 aliphatic heterocycles. The molecule has 0 spiro atoms. The number of amides is 2. The quantitative estimate of drug-likeness (QED) is 0.624. The van der Waals surface area contributed by atoms with E-state index >= 15 is 0 Å². The van der Waals surface area contributed by atoms with Gasteiger partial charge in [0.15, 0.2) is 5.69 Å². The summed E-state index contributed by atoms with van der Waals surface area (Å²) < 4.78 is 1.63. The number of nitrogens with zero attached hydrogens (tertiary/aromatic N) is 2. The molecule has 8 heteroatoms. The normalized spacial score (nSPS) is 19.4. The molecule has 0 radical (unpaired) electrons. The maximum absolute atomic E-state index is 12.9. The van der Waals surface area contributed by atoms with E-state index in [-0.39, 0.29) is 36.0 Å². The number of nitrogens with two attached hydrogens (primary N) is 1. The number of hydrogen-bond acceptors (Lipinski definition) is 4. The highest BCUT2D eigenvalue weighted by atomic mass is 35.5. The van der Waals surface area contributed by atoms with Gasteiger partial charge in [0.05, 0.1) is 6.04 Å². The number of rotatable bonds is 7. The van der Waals surface area contributed by atoms with Crippen molar-refractivity contribution in [2.75, 3.05) is 13.6 Å². The number of aromatic nitrogens is 2. The van der Waals surface area contributed by atoms with Crippen molar-refractivity contribution in [1.29, 1.82) is 0 Å². The molecule has 0 unspecified atom stereocenters. The first-order valence-electron chi connectivity index (χ1n) is 10.4. The van der Waals surface area contributed by atoms with Crippen LogP contribution in [0.3, 0.4) is 0 Å². The fourth-order valence-corrected chi connectivity index (χ4v) is 3.93. The minimum atomic E-state index is -0.309. The van der Waals surface area contributed by atoms with E-state index in [0.717, 1.165) is 37.7 Å². The Kier molecular flexibility index (Phi) is 8.87. The summed E-state index contributed by atoms with van der Waals surface area (Å²) in [6, 6.07) is 11.5. The van der Waals surface area contributed by atoms with Crippen molar-refractivity contribution in [2.24, 2.45) is 11.7 Å². The van der Waals surface area contributed by atoms with Gasteiger partial charge in [-0.3, -0.25) is 14.3 Å². The lowest BCUT2D eigenvalue weighted by molar-refractivity contribution is 0.0935. The number of hydrogen-bond donors (Lipinski definition) is 3. The Morgan fingerprint density at radius 1 is 1.17 bits per heavy atom. The summed E-state index contributed by atoms with van der Waals surface area (Å²) in [4.78, 5) is 25.0. The second kappa shape index (κ2) is 11.1. The molecule has 1 aliphatic rings. The Balaban J connectivity index is 0.00000320. The fraction of sp³-hybridized carbons (Fsp3) is 0.500. The monoisotopic (exact) mass is 433 g/mol. The molecule has 3 rings (SSSR count). The SMILES string of the molecule is CNC(=O)c1cc(C(=O)NCCC2CCC(N)CC2)n([C@@H](C)c2ccccc2)n1.Cl. The van der Waals surface area contributed by atoms with Crippen LogP contribution < -0.4 is 16.4 Å². The molecule has 164 valence electrons. The molecule has 30 heavy (non-hydrogen) atoms. The van der Waals surface area contributed by atoms with Gasteiger partial charge >= 0.3 is 0 Å². The predicted molar refractivity (Wildman–Crippen MR) is 120 cm³/mol. The third-order valence-corrected chi connectivity index (χ3v) is 5.81. The van der Waals surface area contributed by atoms with Crippen LogP contribution in [-0.4, -0.2) is 41.2 Å². The van der Waals surface area contributed by atoms with E-state index in [9.17, 15) is 9.59 Å². The van der Waals surface area contributed by atoms with Gasteiger partial charge in [-0.05, 0) is 50.5 Å². The number of carbonyl (C=O) groups is 2. The molecule has 7 nitrogen and oxygen atoms in total. The zero-order valence-corrected chi connectivity index (χ0v) is 18.5. The maximum atomic E-state index is 12.9. The van der Waals surface area contributed by atoms with Gasteiger partial charge < -0.3 is 16.4 Å². The number of nitrogens with one attached hydrogen (secondary N) is 2. The standard InChI is InChI=1S/C22H31N5O2.ClH/c1-15(17-6-4-3-5-7-17)27-20(14-19(26-27)21(28)24-2)22(29)25-13-12-16-8-10-18(23)11-9-16;/h3-7,14-16,18H,8-13,23H2,1-2H3,(H,24,28)(H,25,29);1H/t15-,16?,18?;/m0./s1. The first kappa shape index (κ1) is 23.9. The van der Waals surface area contributed by atoms with Gasteiger partial charge in [-0.2, -0.15) is 5.10 Å². The smallest absolute Gasteiger partial charge is 0.271 e. The zero-order valence-electron chi connectivity index (χ0n) is 17.6. The molecule has 1 fully saturated rings.